The number of H-pyrrole nitrogens is 1. The van der Waals surface area contributed by atoms with Crippen LogP contribution in [0.5, 0.6) is 0 Å². The number of fused-ring (bicyclic) bond motifs is 1. The minimum Gasteiger partial charge on any atom is -0.461 e. The molecular formula is C26H25N3O2. The minimum atomic E-state index is 0.110. The number of imidazole rings is 1. The van der Waals surface area contributed by atoms with Crippen molar-refractivity contribution in [3.63, 3.8) is 0 Å². The minimum absolute atomic E-state index is 0.110. The summed E-state index contributed by atoms with van der Waals surface area (Å²) in [5, 5.41) is 3.69. The Bertz CT molecular complexity index is 1220. The molecule has 6 rings (SSSR count). The van der Waals surface area contributed by atoms with Crippen LogP contribution in [0.1, 0.15) is 46.7 Å². The third-order valence-corrected chi connectivity index (χ3v) is 6.49. The summed E-state index contributed by atoms with van der Waals surface area (Å²) in [6.07, 6.45) is 6.04. The van der Waals surface area contributed by atoms with Crippen molar-refractivity contribution in [2.75, 3.05) is 6.54 Å². The zero-order valence-electron chi connectivity index (χ0n) is 17.3. The van der Waals surface area contributed by atoms with Crippen LogP contribution in [0.2, 0.25) is 0 Å². The van der Waals surface area contributed by atoms with Crippen molar-refractivity contribution in [1.82, 2.24) is 15.3 Å². The van der Waals surface area contributed by atoms with Crippen molar-refractivity contribution in [3.8, 4) is 11.6 Å². The van der Waals surface area contributed by atoms with E-state index in [1.807, 2.05) is 30.3 Å². The third kappa shape index (κ3) is 3.93. The Morgan fingerprint density at radius 1 is 1.13 bits per heavy atom. The second kappa shape index (κ2) is 7.50. The average Bonchev–Trinajstić information content (AvgIpc) is 3.66. The van der Waals surface area contributed by atoms with Crippen LogP contribution >= 0.6 is 0 Å². The summed E-state index contributed by atoms with van der Waals surface area (Å²) >= 11 is 0. The van der Waals surface area contributed by atoms with Gasteiger partial charge in [0, 0.05) is 23.9 Å². The molecule has 4 aromatic rings. The van der Waals surface area contributed by atoms with Crippen LogP contribution in [0.15, 0.2) is 65.3 Å². The van der Waals surface area contributed by atoms with E-state index < -0.39 is 0 Å². The summed E-state index contributed by atoms with van der Waals surface area (Å²) in [4.78, 5) is 20.7. The number of rotatable bonds is 8. The highest BCUT2D eigenvalue weighted by atomic mass is 16.3. The van der Waals surface area contributed by atoms with Gasteiger partial charge in [0.05, 0.1) is 17.3 Å². The molecule has 0 radical (unpaired) electrons. The van der Waals surface area contributed by atoms with Crippen molar-refractivity contribution in [2.24, 2.45) is 5.92 Å². The largest absolute Gasteiger partial charge is 0.461 e. The van der Waals surface area contributed by atoms with Crippen LogP contribution in [0.4, 0.5) is 0 Å². The maximum atomic E-state index is 12.9. The van der Waals surface area contributed by atoms with Gasteiger partial charge in [0.25, 0.3) is 0 Å². The van der Waals surface area contributed by atoms with Gasteiger partial charge in [0.15, 0.2) is 17.4 Å². The summed E-state index contributed by atoms with van der Waals surface area (Å²) in [7, 11) is 0. The lowest BCUT2D eigenvalue weighted by atomic mass is 10.0. The van der Waals surface area contributed by atoms with Crippen LogP contribution in [0.25, 0.3) is 22.6 Å². The standard InChI is InChI=1S/C26H25N3O2/c30-24(19-9-10-21-23(13-19)29-26(28-21)25-2-1-11-31-25)12-16-5-7-18(8-6-16)20-14-22(20)27-15-17-3-4-17/h1-2,5-11,13,17,20,22,27H,3-4,12,14-15H2,(H,28,29). The first-order valence-electron chi connectivity index (χ1n) is 11.1. The molecule has 156 valence electrons. The number of hydrogen-bond acceptors (Lipinski definition) is 4. The molecule has 0 amide bonds. The van der Waals surface area contributed by atoms with Crippen molar-refractivity contribution < 1.29 is 9.21 Å². The van der Waals surface area contributed by atoms with Crippen molar-refractivity contribution in [2.45, 2.75) is 37.6 Å². The fraction of sp³-hybridized carbons (Fsp3) is 0.308. The van der Waals surface area contributed by atoms with Gasteiger partial charge >= 0.3 is 0 Å². The highest BCUT2D eigenvalue weighted by molar-refractivity contribution is 6.00. The number of nitrogens with one attached hydrogen (secondary N) is 2. The zero-order chi connectivity index (χ0) is 20.8. The Labute approximate surface area is 180 Å². The molecule has 2 saturated carbocycles. The normalized spacial score (nSPS) is 20.3. The van der Waals surface area contributed by atoms with E-state index in [1.165, 1.54) is 31.4 Å². The molecule has 0 saturated heterocycles. The molecule has 2 fully saturated rings. The average molecular weight is 412 g/mol. The van der Waals surface area contributed by atoms with E-state index in [9.17, 15) is 4.79 Å². The topological polar surface area (TPSA) is 70.9 Å². The van der Waals surface area contributed by atoms with Gasteiger partial charge in [0.1, 0.15) is 0 Å². The Morgan fingerprint density at radius 3 is 2.77 bits per heavy atom. The van der Waals surface area contributed by atoms with Gasteiger partial charge in [-0.05, 0) is 73.2 Å². The zero-order valence-corrected chi connectivity index (χ0v) is 17.3. The summed E-state index contributed by atoms with van der Waals surface area (Å²) in [5.74, 6) is 3.02. The van der Waals surface area contributed by atoms with E-state index in [4.69, 9.17) is 4.42 Å². The maximum Gasteiger partial charge on any atom is 0.174 e. The maximum absolute atomic E-state index is 12.9. The molecule has 2 heterocycles. The molecule has 5 nitrogen and oxygen atoms in total. The van der Waals surface area contributed by atoms with Gasteiger partial charge < -0.3 is 14.7 Å². The first-order valence-corrected chi connectivity index (χ1v) is 11.1. The molecule has 2 N–H and O–H groups in total. The van der Waals surface area contributed by atoms with Gasteiger partial charge in [-0.3, -0.25) is 4.79 Å². The highest BCUT2D eigenvalue weighted by Crippen LogP contribution is 2.41. The van der Waals surface area contributed by atoms with E-state index in [0.717, 1.165) is 22.5 Å². The highest BCUT2D eigenvalue weighted by Gasteiger charge is 2.38. The predicted octanol–water partition coefficient (Wildman–Crippen LogP) is 5.10. The summed E-state index contributed by atoms with van der Waals surface area (Å²) in [6, 6.07) is 18.5. The number of Topliss-reactive ketones (excluding diaryl/α,β-unsaturated/α-hetero) is 1. The molecule has 5 heteroatoms. The monoisotopic (exact) mass is 411 g/mol. The summed E-state index contributed by atoms with van der Waals surface area (Å²) < 4.78 is 5.41. The summed E-state index contributed by atoms with van der Waals surface area (Å²) in [6.45, 7) is 1.18. The Hall–Kier alpha value is -3.18. The van der Waals surface area contributed by atoms with Gasteiger partial charge in [-0.25, -0.2) is 4.98 Å². The van der Waals surface area contributed by atoms with Crippen LogP contribution in [0.3, 0.4) is 0 Å². The number of aromatic nitrogens is 2. The molecule has 0 bridgehead atoms. The lowest BCUT2D eigenvalue weighted by molar-refractivity contribution is 0.0993. The Balaban J connectivity index is 1.11. The van der Waals surface area contributed by atoms with Gasteiger partial charge in [-0.15, -0.1) is 0 Å². The van der Waals surface area contributed by atoms with Crippen molar-refractivity contribution in [3.05, 3.63) is 77.6 Å². The summed E-state index contributed by atoms with van der Waals surface area (Å²) in [5.41, 5.74) is 4.79. The van der Waals surface area contributed by atoms with Crippen LogP contribution in [-0.2, 0) is 6.42 Å². The van der Waals surface area contributed by atoms with E-state index in [1.54, 1.807) is 6.26 Å². The molecule has 0 aliphatic heterocycles. The SMILES string of the molecule is O=C(Cc1ccc(C2CC2NCC2CC2)cc1)c1ccc2nc(-c3ccco3)[nH]c2c1. The number of nitrogens with zero attached hydrogens (tertiary/aromatic N) is 1. The Kier molecular flexibility index (Phi) is 4.50. The molecule has 31 heavy (non-hydrogen) atoms. The molecule has 0 spiro atoms. The smallest absolute Gasteiger partial charge is 0.174 e. The van der Waals surface area contributed by atoms with E-state index >= 15 is 0 Å². The van der Waals surface area contributed by atoms with Crippen LogP contribution in [0, 0.1) is 5.92 Å². The number of furan rings is 1. The number of carbonyl (C=O) groups excluding carboxylic acids is 1. The quantitative estimate of drug-likeness (QED) is 0.396. The van der Waals surface area contributed by atoms with Crippen LogP contribution in [-0.4, -0.2) is 28.3 Å². The predicted molar refractivity (Wildman–Crippen MR) is 120 cm³/mol. The van der Waals surface area contributed by atoms with Gasteiger partial charge in [-0.1, -0.05) is 24.3 Å². The molecule has 2 atom stereocenters. The third-order valence-electron chi connectivity index (χ3n) is 6.49. The lowest BCUT2D eigenvalue weighted by Gasteiger charge is -2.06. The second-order valence-corrected chi connectivity index (χ2v) is 8.94. The van der Waals surface area contributed by atoms with Gasteiger partial charge in [-0.2, -0.15) is 0 Å². The molecule has 2 unspecified atom stereocenters. The van der Waals surface area contributed by atoms with E-state index in [-0.39, 0.29) is 5.78 Å². The number of hydrogen-bond donors (Lipinski definition) is 2. The van der Waals surface area contributed by atoms with E-state index in [2.05, 4.69) is 39.6 Å². The molecule has 2 aromatic carbocycles. The Morgan fingerprint density at radius 2 is 2.00 bits per heavy atom. The van der Waals surface area contributed by atoms with E-state index in [0.29, 0.717) is 35.5 Å². The van der Waals surface area contributed by atoms with Crippen molar-refractivity contribution in [1.29, 1.82) is 0 Å². The molecule has 2 aliphatic carbocycles. The second-order valence-electron chi connectivity index (χ2n) is 8.94. The number of ketones is 1. The number of carbonyl (C=O) groups is 1. The number of aromatic amines is 1. The lowest BCUT2D eigenvalue weighted by Crippen LogP contribution is -2.20. The molecular weight excluding hydrogens is 386 g/mol. The van der Waals surface area contributed by atoms with Gasteiger partial charge in [0.2, 0.25) is 0 Å². The fourth-order valence-corrected chi connectivity index (χ4v) is 4.31. The first kappa shape index (κ1) is 18.6. The molecule has 2 aliphatic rings. The number of benzene rings is 2. The van der Waals surface area contributed by atoms with Crippen molar-refractivity contribution >= 4 is 16.8 Å². The molecule has 2 aromatic heterocycles. The first-order chi connectivity index (χ1) is 15.2. The fourth-order valence-electron chi connectivity index (χ4n) is 4.31. The van der Waals surface area contributed by atoms with Crippen LogP contribution < -0.4 is 5.32 Å².